The maximum absolute atomic E-state index is 14.4. The zero-order chi connectivity index (χ0) is 23.1. The number of nitrogens with one attached hydrogen (secondary N) is 2. The molecule has 11 heteroatoms. The lowest BCUT2D eigenvalue weighted by Gasteiger charge is -2.14. The second kappa shape index (κ2) is 10.7. The fourth-order valence-corrected chi connectivity index (χ4v) is 3.25. The third kappa shape index (κ3) is 5.82. The normalized spacial score (nSPS) is 14.3. The Hall–Kier alpha value is -3.47. The first-order valence-electron chi connectivity index (χ1n) is 9.99. The Balaban J connectivity index is 1.59. The lowest BCUT2D eigenvalue weighted by atomic mass is 10.1. The molecular formula is C21H26F2N6O3. The first-order chi connectivity index (χ1) is 15.4. The van der Waals surface area contributed by atoms with Crippen LogP contribution in [0.25, 0.3) is 0 Å². The van der Waals surface area contributed by atoms with Crippen molar-refractivity contribution in [3.05, 3.63) is 47.6 Å². The van der Waals surface area contributed by atoms with Gasteiger partial charge in [-0.25, -0.2) is 18.7 Å². The van der Waals surface area contributed by atoms with Crippen LogP contribution in [0.1, 0.15) is 18.4 Å². The third-order valence-corrected chi connectivity index (χ3v) is 4.85. The number of methoxy groups -OCH3 is 2. The van der Waals surface area contributed by atoms with Gasteiger partial charge in [0, 0.05) is 24.4 Å². The molecule has 0 amide bonds. The number of nitrogens with two attached hydrogens (primary N) is 1. The van der Waals surface area contributed by atoms with Crippen molar-refractivity contribution in [2.24, 2.45) is 5.73 Å². The Morgan fingerprint density at radius 2 is 1.75 bits per heavy atom. The molecule has 1 aromatic carbocycles. The number of rotatable bonds is 10. The molecule has 172 valence electrons. The van der Waals surface area contributed by atoms with Crippen LogP contribution >= 0.6 is 0 Å². The highest BCUT2D eigenvalue weighted by atomic mass is 19.1. The topological polar surface area (TPSA) is 119 Å². The van der Waals surface area contributed by atoms with E-state index in [9.17, 15) is 8.78 Å². The van der Waals surface area contributed by atoms with E-state index in [0.717, 1.165) is 32.0 Å². The molecular weight excluding hydrogens is 422 g/mol. The monoisotopic (exact) mass is 448 g/mol. The van der Waals surface area contributed by atoms with Gasteiger partial charge < -0.3 is 30.7 Å². The van der Waals surface area contributed by atoms with Crippen molar-refractivity contribution in [3.8, 4) is 17.2 Å². The summed E-state index contributed by atoms with van der Waals surface area (Å²) in [6.07, 6.45) is 6.50. The molecule has 1 aliphatic rings. The van der Waals surface area contributed by atoms with Gasteiger partial charge >= 0.3 is 0 Å². The summed E-state index contributed by atoms with van der Waals surface area (Å²) in [6.45, 7) is 2.10. The number of ether oxygens (including phenoxy) is 3. The van der Waals surface area contributed by atoms with Crippen LogP contribution in [-0.2, 0) is 6.61 Å². The molecule has 3 rings (SSSR count). The summed E-state index contributed by atoms with van der Waals surface area (Å²) >= 11 is 0. The highest BCUT2D eigenvalue weighted by molar-refractivity contribution is 5.94. The van der Waals surface area contributed by atoms with Crippen LogP contribution < -0.4 is 25.3 Å². The van der Waals surface area contributed by atoms with Crippen molar-refractivity contribution in [1.82, 2.24) is 14.9 Å². The molecule has 1 saturated heterocycles. The minimum atomic E-state index is -0.876. The summed E-state index contributed by atoms with van der Waals surface area (Å²) < 4.78 is 44.1. The Bertz CT molecular complexity index is 950. The second-order valence-electron chi connectivity index (χ2n) is 7.15. The van der Waals surface area contributed by atoms with E-state index in [0.29, 0.717) is 12.3 Å². The largest absolute Gasteiger partial charge is 0.494 e. The fourth-order valence-electron chi connectivity index (χ4n) is 3.25. The molecule has 1 fully saturated rings. The van der Waals surface area contributed by atoms with E-state index >= 15 is 0 Å². The van der Waals surface area contributed by atoms with Crippen molar-refractivity contribution in [2.45, 2.75) is 19.4 Å². The maximum Gasteiger partial charge on any atom is 0.228 e. The van der Waals surface area contributed by atoms with E-state index in [-0.39, 0.29) is 34.6 Å². The van der Waals surface area contributed by atoms with Crippen LogP contribution in [0.5, 0.6) is 17.2 Å². The van der Waals surface area contributed by atoms with Crippen LogP contribution in [0.3, 0.4) is 0 Å². The molecule has 2 aromatic rings. The van der Waals surface area contributed by atoms with Crippen LogP contribution in [-0.4, -0.2) is 54.4 Å². The smallest absolute Gasteiger partial charge is 0.228 e. The quantitative estimate of drug-likeness (QED) is 0.475. The van der Waals surface area contributed by atoms with E-state index < -0.39 is 18.2 Å². The molecule has 1 aliphatic heterocycles. The summed E-state index contributed by atoms with van der Waals surface area (Å²) in [5.41, 5.74) is 5.96. The molecule has 0 atom stereocenters. The molecule has 0 aliphatic carbocycles. The number of aromatic nitrogens is 2. The summed E-state index contributed by atoms with van der Waals surface area (Å²) in [5, 5.41) is 10.8. The zero-order valence-electron chi connectivity index (χ0n) is 18.0. The Morgan fingerprint density at radius 1 is 1.16 bits per heavy atom. The standard InChI is InChI=1S/C21H26F2N6O3/c1-30-16-8-17(31-2)20(23)15(19(16)22)12-32-14-9-26-21(27-10-14)28-18(25)7-13(24)11-29-5-3-4-6-29/h7-10,24H,3-6,11-12,25H2,1-2H3,(H,26,27,28)/b18-7+,24-13?. The average Bonchev–Trinajstić information content (AvgIpc) is 3.27. The first-order valence-corrected chi connectivity index (χ1v) is 9.99. The summed E-state index contributed by atoms with van der Waals surface area (Å²) in [4.78, 5) is 10.3. The summed E-state index contributed by atoms with van der Waals surface area (Å²) in [7, 11) is 2.54. The van der Waals surface area contributed by atoms with E-state index in [4.69, 9.17) is 25.4 Å². The predicted octanol–water partition coefficient (Wildman–Crippen LogP) is 2.68. The van der Waals surface area contributed by atoms with Gasteiger partial charge in [0.25, 0.3) is 0 Å². The van der Waals surface area contributed by atoms with Gasteiger partial charge in [-0.2, -0.15) is 0 Å². The first kappa shape index (κ1) is 23.2. The van der Waals surface area contributed by atoms with Gasteiger partial charge in [0.1, 0.15) is 12.4 Å². The number of likely N-dealkylation sites (tertiary alicyclic amines) is 1. The molecule has 0 radical (unpaired) electrons. The average molecular weight is 448 g/mol. The lowest BCUT2D eigenvalue weighted by Crippen LogP contribution is -2.26. The molecule has 1 aromatic heterocycles. The number of anilines is 1. The van der Waals surface area contributed by atoms with Crippen molar-refractivity contribution in [3.63, 3.8) is 0 Å². The molecule has 0 saturated carbocycles. The minimum absolute atomic E-state index is 0.157. The van der Waals surface area contributed by atoms with E-state index in [2.05, 4.69) is 20.2 Å². The molecule has 4 N–H and O–H groups in total. The highest BCUT2D eigenvalue weighted by Crippen LogP contribution is 2.31. The van der Waals surface area contributed by atoms with Gasteiger partial charge in [-0.15, -0.1) is 0 Å². The Kier molecular flexibility index (Phi) is 7.77. The van der Waals surface area contributed by atoms with Crippen LogP contribution in [0.15, 0.2) is 30.4 Å². The molecule has 0 unspecified atom stereocenters. The molecule has 0 bridgehead atoms. The van der Waals surface area contributed by atoms with Crippen LogP contribution in [0, 0.1) is 17.0 Å². The number of hydrogen-bond acceptors (Lipinski definition) is 9. The zero-order valence-corrected chi connectivity index (χ0v) is 18.0. The highest BCUT2D eigenvalue weighted by Gasteiger charge is 2.20. The minimum Gasteiger partial charge on any atom is -0.494 e. The van der Waals surface area contributed by atoms with Crippen molar-refractivity contribution in [2.75, 3.05) is 39.2 Å². The van der Waals surface area contributed by atoms with Gasteiger partial charge in [0.05, 0.1) is 32.2 Å². The maximum atomic E-state index is 14.4. The van der Waals surface area contributed by atoms with Gasteiger partial charge in [-0.3, -0.25) is 4.90 Å². The fraction of sp³-hybridized carbons (Fsp3) is 0.381. The van der Waals surface area contributed by atoms with Crippen molar-refractivity contribution >= 4 is 11.7 Å². The number of nitrogens with zero attached hydrogens (tertiary/aromatic N) is 3. The Labute approximate surface area is 184 Å². The summed E-state index contributed by atoms with van der Waals surface area (Å²) in [5.74, 6) is -1.44. The van der Waals surface area contributed by atoms with Crippen LogP contribution in [0.2, 0.25) is 0 Å². The van der Waals surface area contributed by atoms with Crippen molar-refractivity contribution < 1.29 is 23.0 Å². The van der Waals surface area contributed by atoms with Gasteiger partial charge in [-0.05, 0) is 25.9 Å². The van der Waals surface area contributed by atoms with E-state index in [1.54, 1.807) is 0 Å². The number of hydrogen-bond donors (Lipinski definition) is 3. The van der Waals surface area contributed by atoms with Crippen LogP contribution in [0.4, 0.5) is 14.7 Å². The number of benzene rings is 1. The molecule has 0 spiro atoms. The lowest BCUT2D eigenvalue weighted by molar-refractivity contribution is 0.280. The number of halogens is 2. The SMILES string of the molecule is COc1cc(OC)c(F)c(COc2cnc(N/C(N)=C/C(=N)CN3CCCC3)nc2)c1F. The Morgan fingerprint density at radius 3 is 2.31 bits per heavy atom. The van der Waals surface area contributed by atoms with Gasteiger partial charge in [-0.1, -0.05) is 0 Å². The molecule has 32 heavy (non-hydrogen) atoms. The van der Waals surface area contributed by atoms with E-state index in [1.165, 1.54) is 32.7 Å². The second-order valence-corrected chi connectivity index (χ2v) is 7.15. The molecule has 9 nitrogen and oxygen atoms in total. The van der Waals surface area contributed by atoms with Crippen molar-refractivity contribution in [1.29, 1.82) is 5.41 Å². The third-order valence-electron chi connectivity index (χ3n) is 4.85. The molecule has 2 heterocycles. The van der Waals surface area contributed by atoms with Gasteiger partial charge in [0.15, 0.2) is 28.9 Å². The van der Waals surface area contributed by atoms with E-state index in [1.807, 2.05) is 0 Å². The van der Waals surface area contributed by atoms with Gasteiger partial charge in [0.2, 0.25) is 5.95 Å². The summed E-state index contributed by atoms with van der Waals surface area (Å²) in [6, 6.07) is 1.13. The predicted molar refractivity (Wildman–Crippen MR) is 115 cm³/mol.